The van der Waals surface area contributed by atoms with E-state index in [0.717, 1.165) is 41.5 Å². The first-order valence-corrected chi connectivity index (χ1v) is 10.6. The number of ether oxygens (including phenoxy) is 1. The zero-order valence-corrected chi connectivity index (χ0v) is 18.3. The second kappa shape index (κ2) is 9.16. The number of aryl methyl sites for hydroxylation is 3. The number of carbonyl (C=O) groups excluding carboxylic acids is 1. The average Bonchev–Trinajstić information content (AvgIpc) is 2.80. The molecule has 3 aromatic rings. The zero-order chi connectivity index (χ0) is 21.8. The predicted molar refractivity (Wildman–Crippen MR) is 122 cm³/mol. The number of benzene rings is 2. The monoisotopic (exact) mass is 416 g/mol. The third-order valence-corrected chi connectivity index (χ3v) is 5.85. The van der Waals surface area contributed by atoms with Crippen LogP contribution in [0, 0.1) is 20.8 Å². The number of nitrogens with zero attached hydrogens (tertiary/aromatic N) is 4. The molecule has 1 aromatic heterocycles. The minimum absolute atomic E-state index is 0.0130. The molecule has 2 aromatic carbocycles. The van der Waals surface area contributed by atoms with Gasteiger partial charge >= 0.3 is 0 Å². The van der Waals surface area contributed by atoms with Gasteiger partial charge in [-0.15, -0.1) is 10.2 Å². The van der Waals surface area contributed by atoms with E-state index >= 15 is 0 Å². The summed E-state index contributed by atoms with van der Waals surface area (Å²) in [7, 11) is 0. The normalized spacial score (nSPS) is 13.9. The molecule has 31 heavy (non-hydrogen) atoms. The highest BCUT2D eigenvalue weighted by atomic mass is 16.5. The Hall–Kier alpha value is -3.41. The minimum Gasteiger partial charge on any atom is -0.484 e. The van der Waals surface area contributed by atoms with Crippen molar-refractivity contribution in [1.29, 1.82) is 0 Å². The molecule has 1 amide bonds. The maximum Gasteiger partial charge on any atom is 0.260 e. The first-order valence-electron chi connectivity index (χ1n) is 10.6. The predicted octanol–water partition coefficient (Wildman–Crippen LogP) is 3.80. The summed E-state index contributed by atoms with van der Waals surface area (Å²) in [5.74, 6) is 1.61. The number of aromatic nitrogens is 2. The molecule has 1 saturated heterocycles. The van der Waals surface area contributed by atoms with E-state index in [9.17, 15) is 4.79 Å². The van der Waals surface area contributed by atoms with Crippen LogP contribution in [0.15, 0.2) is 54.6 Å². The van der Waals surface area contributed by atoms with E-state index < -0.39 is 0 Å². The van der Waals surface area contributed by atoms with Crippen LogP contribution in [0.3, 0.4) is 0 Å². The van der Waals surface area contributed by atoms with Crippen LogP contribution in [-0.4, -0.2) is 53.8 Å². The number of carbonyl (C=O) groups is 1. The van der Waals surface area contributed by atoms with E-state index in [0.29, 0.717) is 13.1 Å². The third kappa shape index (κ3) is 4.85. The van der Waals surface area contributed by atoms with Gasteiger partial charge in [0.2, 0.25) is 0 Å². The highest BCUT2D eigenvalue weighted by Gasteiger charge is 2.22. The Kier molecular flexibility index (Phi) is 6.16. The molecule has 0 atom stereocenters. The number of hydrogen-bond acceptors (Lipinski definition) is 5. The lowest BCUT2D eigenvalue weighted by Gasteiger charge is -2.35. The third-order valence-electron chi connectivity index (χ3n) is 5.85. The number of piperazine rings is 1. The SMILES string of the molecule is Cc1ccc(-c2ccc(N3CCN(C(=O)COc4ccccc4C)CC3)nn2)cc1C. The van der Waals surface area contributed by atoms with Crippen molar-refractivity contribution in [3.63, 3.8) is 0 Å². The lowest BCUT2D eigenvalue weighted by atomic mass is 10.0. The number of amides is 1. The Bertz CT molecular complexity index is 1060. The van der Waals surface area contributed by atoms with Gasteiger partial charge in [0.05, 0.1) is 5.69 Å². The molecule has 6 heteroatoms. The molecule has 0 aliphatic carbocycles. The van der Waals surface area contributed by atoms with Gasteiger partial charge < -0.3 is 14.5 Å². The van der Waals surface area contributed by atoms with Crippen molar-refractivity contribution in [2.75, 3.05) is 37.7 Å². The summed E-state index contributed by atoms with van der Waals surface area (Å²) in [6, 6.07) is 18.1. The van der Waals surface area contributed by atoms with Crippen molar-refractivity contribution in [1.82, 2.24) is 15.1 Å². The van der Waals surface area contributed by atoms with Crippen LogP contribution >= 0.6 is 0 Å². The van der Waals surface area contributed by atoms with Crippen molar-refractivity contribution >= 4 is 11.7 Å². The van der Waals surface area contributed by atoms with E-state index in [-0.39, 0.29) is 12.5 Å². The van der Waals surface area contributed by atoms with Crippen LogP contribution in [0.1, 0.15) is 16.7 Å². The maximum absolute atomic E-state index is 12.5. The van der Waals surface area contributed by atoms with Crippen molar-refractivity contribution in [3.8, 4) is 17.0 Å². The van der Waals surface area contributed by atoms with E-state index in [2.05, 4.69) is 47.1 Å². The van der Waals surface area contributed by atoms with E-state index in [1.165, 1.54) is 11.1 Å². The fraction of sp³-hybridized carbons (Fsp3) is 0.320. The standard InChI is InChI=1S/C25H28N4O2/c1-18-8-9-21(16-20(18)3)22-10-11-24(27-26-22)28-12-14-29(15-13-28)25(30)17-31-23-7-5-4-6-19(23)2/h4-11,16H,12-15,17H2,1-3H3. The Morgan fingerprint density at radius 2 is 1.65 bits per heavy atom. The maximum atomic E-state index is 12.5. The topological polar surface area (TPSA) is 58.6 Å². The van der Waals surface area contributed by atoms with Crippen LogP contribution in [-0.2, 0) is 4.79 Å². The summed E-state index contributed by atoms with van der Waals surface area (Å²) in [5.41, 5.74) is 5.49. The van der Waals surface area contributed by atoms with Crippen LogP contribution in [0.25, 0.3) is 11.3 Å². The highest BCUT2D eigenvalue weighted by Crippen LogP contribution is 2.22. The second-order valence-corrected chi connectivity index (χ2v) is 8.00. The molecule has 0 bridgehead atoms. The lowest BCUT2D eigenvalue weighted by Crippen LogP contribution is -2.50. The zero-order valence-electron chi connectivity index (χ0n) is 18.3. The number of anilines is 1. The van der Waals surface area contributed by atoms with Gasteiger partial charge in [0, 0.05) is 31.7 Å². The molecule has 0 spiro atoms. The largest absolute Gasteiger partial charge is 0.484 e. The fourth-order valence-corrected chi connectivity index (χ4v) is 3.68. The molecule has 160 valence electrons. The van der Waals surface area contributed by atoms with E-state index in [4.69, 9.17) is 4.74 Å². The Balaban J connectivity index is 1.31. The smallest absolute Gasteiger partial charge is 0.260 e. The molecule has 0 saturated carbocycles. The molecule has 1 aliphatic heterocycles. The molecule has 0 radical (unpaired) electrons. The van der Waals surface area contributed by atoms with Crippen LogP contribution < -0.4 is 9.64 Å². The highest BCUT2D eigenvalue weighted by molar-refractivity contribution is 5.78. The van der Waals surface area contributed by atoms with Crippen LogP contribution in [0.5, 0.6) is 5.75 Å². The molecule has 0 N–H and O–H groups in total. The number of rotatable bonds is 5. The summed E-state index contributed by atoms with van der Waals surface area (Å²) in [6.07, 6.45) is 0. The summed E-state index contributed by atoms with van der Waals surface area (Å²) in [4.78, 5) is 16.6. The van der Waals surface area contributed by atoms with Gasteiger partial charge in [0.25, 0.3) is 5.91 Å². The van der Waals surface area contributed by atoms with Crippen LogP contribution in [0.2, 0.25) is 0 Å². The summed E-state index contributed by atoms with van der Waals surface area (Å²) >= 11 is 0. The Labute approximate surface area is 183 Å². The fourth-order valence-electron chi connectivity index (χ4n) is 3.68. The van der Waals surface area contributed by atoms with Gasteiger partial charge in [-0.2, -0.15) is 0 Å². The summed E-state index contributed by atoms with van der Waals surface area (Å²) < 4.78 is 5.71. The molecule has 4 rings (SSSR count). The van der Waals surface area contributed by atoms with Gasteiger partial charge in [0.1, 0.15) is 5.75 Å². The molecular weight excluding hydrogens is 388 g/mol. The van der Waals surface area contributed by atoms with Crippen molar-refractivity contribution in [2.24, 2.45) is 0 Å². The molecule has 6 nitrogen and oxygen atoms in total. The average molecular weight is 417 g/mol. The van der Waals surface area contributed by atoms with Crippen molar-refractivity contribution in [2.45, 2.75) is 20.8 Å². The van der Waals surface area contributed by atoms with Gasteiger partial charge in [-0.1, -0.05) is 30.3 Å². The molecular formula is C25H28N4O2. The minimum atomic E-state index is 0.0130. The van der Waals surface area contributed by atoms with Gasteiger partial charge in [0.15, 0.2) is 12.4 Å². The lowest BCUT2D eigenvalue weighted by molar-refractivity contribution is -0.133. The molecule has 2 heterocycles. The number of hydrogen-bond donors (Lipinski definition) is 0. The summed E-state index contributed by atoms with van der Waals surface area (Å²) in [6.45, 7) is 9.01. The van der Waals surface area contributed by atoms with Gasteiger partial charge in [-0.05, 0) is 61.7 Å². The Morgan fingerprint density at radius 3 is 2.32 bits per heavy atom. The Morgan fingerprint density at radius 1 is 0.871 bits per heavy atom. The van der Waals surface area contributed by atoms with E-state index in [1.54, 1.807) is 0 Å². The van der Waals surface area contributed by atoms with Gasteiger partial charge in [-0.3, -0.25) is 4.79 Å². The quantitative estimate of drug-likeness (QED) is 0.633. The number of para-hydroxylation sites is 1. The van der Waals surface area contributed by atoms with E-state index in [1.807, 2.05) is 48.2 Å². The van der Waals surface area contributed by atoms with Crippen molar-refractivity contribution in [3.05, 3.63) is 71.3 Å². The first kappa shape index (κ1) is 20.8. The van der Waals surface area contributed by atoms with Gasteiger partial charge in [-0.25, -0.2) is 0 Å². The summed E-state index contributed by atoms with van der Waals surface area (Å²) in [5, 5.41) is 8.86. The second-order valence-electron chi connectivity index (χ2n) is 8.00. The van der Waals surface area contributed by atoms with Crippen molar-refractivity contribution < 1.29 is 9.53 Å². The molecule has 1 fully saturated rings. The first-order chi connectivity index (χ1) is 15.0. The molecule has 0 unspecified atom stereocenters. The molecule has 1 aliphatic rings. The van der Waals surface area contributed by atoms with Crippen LogP contribution in [0.4, 0.5) is 5.82 Å².